The maximum absolute atomic E-state index is 12.3. The highest BCUT2D eigenvalue weighted by Gasteiger charge is 2.53. The quantitative estimate of drug-likeness (QED) is 0.324. The van der Waals surface area contributed by atoms with E-state index in [0.29, 0.717) is 42.3 Å². The molecule has 0 aliphatic carbocycles. The van der Waals surface area contributed by atoms with Crippen LogP contribution >= 0.6 is 36.4 Å². The number of benzene rings is 1. The van der Waals surface area contributed by atoms with E-state index in [1.54, 1.807) is 11.0 Å². The number of rotatable bonds is 9. The summed E-state index contributed by atoms with van der Waals surface area (Å²) in [4.78, 5) is 16.4. The molecule has 13 heteroatoms. The van der Waals surface area contributed by atoms with Crippen molar-refractivity contribution in [2.75, 3.05) is 19.9 Å². The van der Waals surface area contributed by atoms with Gasteiger partial charge in [-0.3, -0.25) is 14.6 Å². The second kappa shape index (κ2) is 13.9. The van der Waals surface area contributed by atoms with E-state index in [1.807, 2.05) is 13.0 Å². The van der Waals surface area contributed by atoms with Crippen molar-refractivity contribution in [1.82, 2.24) is 9.80 Å². The first-order valence-corrected chi connectivity index (χ1v) is 13.1. The smallest absolute Gasteiger partial charge is 0.469 e. The SMILES string of the molecule is CCCCC(C(=O)O)N1C(B(O)O)CCCC1(N)C1CCN(Cc2cc3c(cc2Cl)OCO3)CC1.Cl.Cl. The molecule has 5 N–H and O–H groups in total. The molecule has 0 radical (unpaired) electrons. The number of unbranched alkanes of at least 4 members (excludes halogenated alkanes) is 1. The van der Waals surface area contributed by atoms with Crippen molar-refractivity contribution in [3.8, 4) is 11.5 Å². The van der Waals surface area contributed by atoms with Gasteiger partial charge >= 0.3 is 13.1 Å². The number of hydrogen-bond donors (Lipinski definition) is 4. The Bertz CT molecular complexity index is 909. The van der Waals surface area contributed by atoms with E-state index >= 15 is 0 Å². The fourth-order valence-electron chi connectivity index (χ4n) is 6.09. The van der Waals surface area contributed by atoms with Gasteiger partial charge in [0.1, 0.15) is 6.04 Å². The Kier molecular flexibility index (Phi) is 12.1. The van der Waals surface area contributed by atoms with Crippen LogP contribution in [0.3, 0.4) is 0 Å². The summed E-state index contributed by atoms with van der Waals surface area (Å²) in [6.07, 6.45) is 5.54. The van der Waals surface area contributed by atoms with Gasteiger partial charge in [-0.25, -0.2) is 0 Å². The molecule has 3 unspecified atom stereocenters. The molecule has 3 atom stereocenters. The molecule has 37 heavy (non-hydrogen) atoms. The Labute approximate surface area is 236 Å². The van der Waals surface area contributed by atoms with Gasteiger partial charge in [-0.2, -0.15) is 0 Å². The van der Waals surface area contributed by atoms with Gasteiger partial charge in [0, 0.05) is 23.6 Å². The average Bonchev–Trinajstić information content (AvgIpc) is 3.27. The molecule has 210 valence electrons. The molecule has 3 aliphatic rings. The van der Waals surface area contributed by atoms with Gasteiger partial charge in [-0.05, 0) is 69.2 Å². The average molecular weight is 583 g/mol. The Morgan fingerprint density at radius 3 is 2.46 bits per heavy atom. The van der Waals surface area contributed by atoms with Crippen LogP contribution in [0, 0.1) is 5.92 Å². The monoisotopic (exact) mass is 581 g/mol. The lowest BCUT2D eigenvalue weighted by molar-refractivity contribution is -0.153. The highest BCUT2D eigenvalue weighted by atomic mass is 35.5. The molecule has 4 rings (SSSR count). The van der Waals surface area contributed by atoms with Crippen LogP contribution in [0.25, 0.3) is 0 Å². The van der Waals surface area contributed by atoms with Gasteiger partial charge in [0.2, 0.25) is 6.79 Å². The number of carboxylic acid groups (broad SMARTS) is 1. The fourth-order valence-corrected chi connectivity index (χ4v) is 6.30. The molecule has 1 aromatic carbocycles. The first-order valence-electron chi connectivity index (χ1n) is 12.7. The van der Waals surface area contributed by atoms with Crippen LogP contribution in [0.5, 0.6) is 11.5 Å². The first kappa shape index (κ1) is 32.2. The molecule has 0 bridgehead atoms. The Balaban J connectivity index is 0.00000241. The van der Waals surface area contributed by atoms with E-state index in [2.05, 4.69) is 4.90 Å². The minimum atomic E-state index is -1.63. The molecular formula is C24H39BCl3N3O6. The summed E-state index contributed by atoms with van der Waals surface area (Å²) in [5, 5.41) is 31.0. The number of aliphatic carboxylic acids is 1. The second-order valence-electron chi connectivity index (χ2n) is 10.1. The van der Waals surface area contributed by atoms with Crippen LogP contribution in [0.4, 0.5) is 0 Å². The number of carbonyl (C=O) groups is 1. The highest BCUT2D eigenvalue weighted by molar-refractivity contribution is 6.43. The highest BCUT2D eigenvalue weighted by Crippen LogP contribution is 2.42. The van der Waals surface area contributed by atoms with Gasteiger partial charge in [0.25, 0.3) is 0 Å². The lowest BCUT2D eigenvalue weighted by atomic mass is 9.66. The number of likely N-dealkylation sites (tertiary alicyclic amines) is 2. The first-order chi connectivity index (χ1) is 16.7. The van der Waals surface area contributed by atoms with Crippen molar-refractivity contribution < 1.29 is 29.4 Å². The predicted molar refractivity (Wildman–Crippen MR) is 148 cm³/mol. The van der Waals surface area contributed by atoms with Crippen LogP contribution in [0.2, 0.25) is 5.02 Å². The van der Waals surface area contributed by atoms with E-state index in [9.17, 15) is 19.9 Å². The van der Waals surface area contributed by atoms with Gasteiger partial charge in [-0.1, -0.05) is 31.4 Å². The summed E-state index contributed by atoms with van der Waals surface area (Å²) < 4.78 is 10.9. The number of nitrogens with two attached hydrogens (primary N) is 1. The number of carboxylic acids is 1. The van der Waals surface area contributed by atoms with Crippen molar-refractivity contribution in [1.29, 1.82) is 0 Å². The zero-order valence-corrected chi connectivity index (χ0v) is 23.6. The van der Waals surface area contributed by atoms with Gasteiger partial charge in [0.05, 0.1) is 5.66 Å². The third-order valence-electron chi connectivity index (χ3n) is 7.94. The van der Waals surface area contributed by atoms with Crippen molar-refractivity contribution in [3.63, 3.8) is 0 Å². The summed E-state index contributed by atoms with van der Waals surface area (Å²) in [6.45, 7) is 4.48. The van der Waals surface area contributed by atoms with Crippen molar-refractivity contribution in [2.45, 2.75) is 82.5 Å². The lowest BCUT2D eigenvalue weighted by Crippen LogP contribution is -2.73. The van der Waals surface area contributed by atoms with Gasteiger partial charge in [0.15, 0.2) is 11.5 Å². The summed E-state index contributed by atoms with van der Waals surface area (Å²) >= 11 is 6.48. The van der Waals surface area contributed by atoms with E-state index < -0.39 is 30.7 Å². The standard InChI is InChI=1S/C24H37BClN3O6.2ClH/c1-2-3-5-19(23(30)31)29-22(25(32)33)6-4-9-24(29,27)17-7-10-28(11-8-17)14-16-12-20-21(13-18(16)26)35-15-34-20;;/h12-13,17,19,22,32-33H,2-11,14-15,27H2,1H3,(H,30,31);2*1H. The second-order valence-corrected chi connectivity index (χ2v) is 10.5. The summed E-state index contributed by atoms with van der Waals surface area (Å²) in [5.74, 6) is -0.209. The molecule has 0 aromatic heterocycles. The zero-order valence-electron chi connectivity index (χ0n) is 21.2. The number of fused-ring (bicyclic) bond motifs is 1. The topological polar surface area (TPSA) is 129 Å². The zero-order chi connectivity index (χ0) is 25.2. The van der Waals surface area contributed by atoms with Gasteiger partial charge in [-0.15, -0.1) is 24.8 Å². The Morgan fingerprint density at radius 2 is 1.86 bits per heavy atom. The van der Waals surface area contributed by atoms with E-state index in [1.165, 1.54) is 0 Å². The van der Waals surface area contributed by atoms with Crippen molar-refractivity contribution in [2.24, 2.45) is 11.7 Å². The summed E-state index contributed by atoms with van der Waals surface area (Å²) in [6, 6.07) is 2.89. The number of halogens is 3. The summed E-state index contributed by atoms with van der Waals surface area (Å²) in [7, 11) is -1.63. The molecular weight excluding hydrogens is 543 g/mol. The fraction of sp³-hybridized carbons (Fsp3) is 0.708. The Hall–Kier alpha value is -0.975. The molecule has 0 saturated carbocycles. The lowest BCUT2D eigenvalue weighted by Gasteiger charge is -2.56. The number of nitrogens with zero attached hydrogens (tertiary/aromatic N) is 2. The van der Waals surface area contributed by atoms with Gasteiger partial charge < -0.3 is 30.4 Å². The summed E-state index contributed by atoms with van der Waals surface area (Å²) in [5.41, 5.74) is 7.15. The van der Waals surface area contributed by atoms with Crippen LogP contribution in [-0.2, 0) is 11.3 Å². The third kappa shape index (κ3) is 6.97. The maximum Gasteiger partial charge on any atom is 0.469 e. The van der Waals surface area contributed by atoms with Crippen molar-refractivity contribution >= 4 is 49.5 Å². The van der Waals surface area contributed by atoms with E-state index in [-0.39, 0.29) is 37.5 Å². The normalized spacial score (nSPS) is 25.2. The van der Waals surface area contributed by atoms with Crippen LogP contribution in [0.1, 0.15) is 63.9 Å². The largest absolute Gasteiger partial charge is 0.480 e. The molecule has 3 heterocycles. The molecule has 1 aromatic rings. The third-order valence-corrected chi connectivity index (χ3v) is 8.29. The predicted octanol–water partition coefficient (Wildman–Crippen LogP) is 3.29. The molecule has 0 spiro atoms. The van der Waals surface area contributed by atoms with E-state index in [0.717, 1.165) is 50.8 Å². The molecule has 2 fully saturated rings. The minimum Gasteiger partial charge on any atom is -0.480 e. The Morgan fingerprint density at radius 1 is 1.22 bits per heavy atom. The molecule has 3 aliphatic heterocycles. The minimum absolute atomic E-state index is 0. The van der Waals surface area contributed by atoms with Crippen LogP contribution in [-0.4, -0.2) is 75.6 Å². The van der Waals surface area contributed by atoms with Crippen LogP contribution < -0.4 is 15.2 Å². The molecule has 0 amide bonds. The number of piperidine rings is 2. The molecule has 2 saturated heterocycles. The van der Waals surface area contributed by atoms with Crippen molar-refractivity contribution in [3.05, 3.63) is 22.7 Å². The van der Waals surface area contributed by atoms with Crippen LogP contribution in [0.15, 0.2) is 12.1 Å². The number of hydrogen-bond acceptors (Lipinski definition) is 8. The molecule has 9 nitrogen and oxygen atoms in total. The maximum atomic E-state index is 12.3. The number of ether oxygens (including phenoxy) is 2. The van der Waals surface area contributed by atoms with E-state index in [4.69, 9.17) is 26.8 Å².